The molecule has 110 valence electrons. The summed E-state index contributed by atoms with van der Waals surface area (Å²) in [5.74, 6) is 1.48. The highest BCUT2D eigenvalue weighted by molar-refractivity contribution is 5.37. The molecule has 1 fully saturated rings. The van der Waals surface area contributed by atoms with Gasteiger partial charge in [-0.2, -0.15) is 0 Å². The second kappa shape index (κ2) is 6.59. The summed E-state index contributed by atoms with van der Waals surface area (Å²) in [6, 6.07) is 8.54. The normalized spacial score (nSPS) is 30.1. The van der Waals surface area contributed by atoms with Gasteiger partial charge in [0.15, 0.2) is 0 Å². The topological polar surface area (TPSA) is 44.5 Å². The van der Waals surface area contributed by atoms with Crippen molar-refractivity contribution >= 4 is 0 Å². The molecule has 0 bridgehead atoms. The van der Waals surface area contributed by atoms with Crippen LogP contribution in [0, 0.1) is 0 Å². The number of ether oxygens (including phenoxy) is 2. The lowest BCUT2D eigenvalue weighted by molar-refractivity contribution is 0.0171. The highest BCUT2D eigenvalue weighted by Gasteiger charge is 2.25. The zero-order valence-electron chi connectivity index (χ0n) is 12.1. The quantitative estimate of drug-likeness (QED) is 0.861. The predicted octanol–water partition coefficient (Wildman–Crippen LogP) is 3.23. The van der Waals surface area contributed by atoms with E-state index < -0.39 is 0 Å². The summed E-state index contributed by atoms with van der Waals surface area (Å²) in [6.07, 6.45) is 7.31. The third kappa shape index (κ3) is 3.15. The first-order chi connectivity index (χ1) is 9.84. The van der Waals surface area contributed by atoms with Crippen molar-refractivity contribution in [3.8, 4) is 5.75 Å². The van der Waals surface area contributed by atoms with E-state index in [0.29, 0.717) is 5.92 Å². The van der Waals surface area contributed by atoms with Crippen molar-refractivity contribution in [2.24, 2.45) is 5.73 Å². The average Bonchev–Trinajstić information content (AvgIpc) is 2.69. The monoisotopic (exact) mass is 275 g/mol. The van der Waals surface area contributed by atoms with Crippen molar-refractivity contribution < 1.29 is 9.47 Å². The second-order valence-corrected chi connectivity index (χ2v) is 6.05. The van der Waals surface area contributed by atoms with Gasteiger partial charge in [-0.15, -0.1) is 0 Å². The van der Waals surface area contributed by atoms with Crippen LogP contribution in [0.3, 0.4) is 0 Å². The summed E-state index contributed by atoms with van der Waals surface area (Å²) in [7, 11) is 0. The lowest BCUT2D eigenvalue weighted by Crippen LogP contribution is -2.37. The zero-order chi connectivity index (χ0) is 13.8. The Hall–Kier alpha value is -1.06. The van der Waals surface area contributed by atoms with Crippen LogP contribution in [0.1, 0.15) is 50.0 Å². The van der Waals surface area contributed by atoms with Gasteiger partial charge in [-0.25, -0.2) is 0 Å². The minimum Gasteiger partial charge on any atom is -0.493 e. The van der Waals surface area contributed by atoms with Gasteiger partial charge in [0.25, 0.3) is 0 Å². The van der Waals surface area contributed by atoms with Gasteiger partial charge in [-0.1, -0.05) is 37.5 Å². The number of fused-ring (bicyclic) bond motifs is 1. The van der Waals surface area contributed by atoms with E-state index in [0.717, 1.165) is 38.2 Å². The fourth-order valence-corrected chi connectivity index (χ4v) is 3.34. The first-order valence-corrected chi connectivity index (χ1v) is 7.93. The van der Waals surface area contributed by atoms with Gasteiger partial charge < -0.3 is 15.2 Å². The summed E-state index contributed by atoms with van der Waals surface area (Å²) in [5.41, 5.74) is 7.53. The van der Waals surface area contributed by atoms with Crippen LogP contribution in [0.25, 0.3) is 0 Å². The third-order valence-corrected chi connectivity index (χ3v) is 4.60. The van der Waals surface area contributed by atoms with E-state index in [4.69, 9.17) is 15.2 Å². The molecule has 0 aromatic heterocycles. The number of nitrogens with two attached hydrogens (primary N) is 1. The van der Waals surface area contributed by atoms with E-state index in [-0.39, 0.29) is 12.1 Å². The third-order valence-electron chi connectivity index (χ3n) is 4.60. The summed E-state index contributed by atoms with van der Waals surface area (Å²) < 4.78 is 11.9. The SMILES string of the molecule is NC1CCCCCC1OCC1CCOc2ccccc21. The number of hydrogen-bond donors (Lipinski definition) is 1. The van der Waals surface area contributed by atoms with E-state index in [1.54, 1.807) is 0 Å². The number of para-hydroxylation sites is 1. The van der Waals surface area contributed by atoms with Crippen molar-refractivity contribution in [2.75, 3.05) is 13.2 Å². The molecule has 3 nitrogen and oxygen atoms in total. The molecule has 1 heterocycles. The van der Waals surface area contributed by atoms with Crippen LogP contribution in [0.4, 0.5) is 0 Å². The lowest BCUT2D eigenvalue weighted by Gasteiger charge is -2.29. The van der Waals surface area contributed by atoms with Gasteiger partial charge in [-0.05, 0) is 30.9 Å². The second-order valence-electron chi connectivity index (χ2n) is 6.05. The molecular weight excluding hydrogens is 250 g/mol. The van der Waals surface area contributed by atoms with Crippen molar-refractivity contribution in [1.82, 2.24) is 0 Å². The summed E-state index contributed by atoms with van der Waals surface area (Å²) in [6.45, 7) is 1.57. The van der Waals surface area contributed by atoms with Crippen LogP contribution in [0.15, 0.2) is 24.3 Å². The van der Waals surface area contributed by atoms with Gasteiger partial charge >= 0.3 is 0 Å². The summed E-state index contributed by atoms with van der Waals surface area (Å²) in [4.78, 5) is 0. The molecule has 3 atom stereocenters. The molecule has 0 amide bonds. The highest BCUT2D eigenvalue weighted by atomic mass is 16.5. The van der Waals surface area contributed by atoms with Crippen molar-refractivity contribution in [3.63, 3.8) is 0 Å². The maximum absolute atomic E-state index is 6.24. The van der Waals surface area contributed by atoms with Gasteiger partial charge in [0, 0.05) is 12.0 Å². The van der Waals surface area contributed by atoms with Gasteiger partial charge in [0.05, 0.1) is 19.3 Å². The Bertz CT molecular complexity index is 435. The summed E-state index contributed by atoms with van der Waals surface area (Å²) >= 11 is 0. The Morgan fingerprint density at radius 3 is 2.90 bits per heavy atom. The van der Waals surface area contributed by atoms with E-state index in [2.05, 4.69) is 18.2 Å². The highest BCUT2D eigenvalue weighted by Crippen LogP contribution is 2.34. The minimum atomic E-state index is 0.215. The molecule has 1 aliphatic heterocycles. The number of rotatable bonds is 3. The molecule has 0 spiro atoms. The molecule has 0 saturated heterocycles. The van der Waals surface area contributed by atoms with E-state index >= 15 is 0 Å². The van der Waals surface area contributed by atoms with Crippen molar-refractivity contribution in [2.45, 2.75) is 56.6 Å². The average molecular weight is 275 g/mol. The lowest BCUT2D eigenvalue weighted by atomic mass is 9.94. The Kier molecular flexibility index (Phi) is 4.58. The zero-order valence-corrected chi connectivity index (χ0v) is 12.1. The Morgan fingerprint density at radius 1 is 1.10 bits per heavy atom. The van der Waals surface area contributed by atoms with E-state index in [9.17, 15) is 0 Å². The summed E-state index contributed by atoms with van der Waals surface area (Å²) in [5, 5.41) is 0. The van der Waals surface area contributed by atoms with E-state index in [1.165, 1.54) is 24.8 Å². The van der Waals surface area contributed by atoms with Crippen LogP contribution >= 0.6 is 0 Å². The molecule has 2 aliphatic rings. The molecule has 1 aliphatic carbocycles. The smallest absolute Gasteiger partial charge is 0.122 e. The van der Waals surface area contributed by atoms with Crippen LogP contribution in [0.5, 0.6) is 5.75 Å². The van der Waals surface area contributed by atoms with Gasteiger partial charge in [0.1, 0.15) is 5.75 Å². The fourth-order valence-electron chi connectivity index (χ4n) is 3.34. The standard InChI is InChI=1S/C17H25NO2/c18-15-7-2-1-3-9-17(15)20-12-13-10-11-19-16-8-5-4-6-14(13)16/h4-6,8,13,15,17H,1-3,7,9-12,18H2. The first kappa shape index (κ1) is 13.9. The van der Waals surface area contributed by atoms with Crippen LogP contribution < -0.4 is 10.5 Å². The molecule has 3 heteroatoms. The van der Waals surface area contributed by atoms with Crippen molar-refractivity contribution in [1.29, 1.82) is 0 Å². The van der Waals surface area contributed by atoms with E-state index in [1.807, 2.05) is 6.07 Å². The molecule has 20 heavy (non-hydrogen) atoms. The van der Waals surface area contributed by atoms with Crippen LogP contribution in [-0.2, 0) is 4.74 Å². The number of hydrogen-bond acceptors (Lipinski definition) is 3. The Morgan fingerprint density at radius 2 is 1.95 bits per heavy atom. The van der Waals surface area contributed by atoms with Crippen LogP contribution in [-0.4, -0.2) is 25.4 Å². The first-order valence-electron chi connectivity index (χ1n) is 7.93. The Balaban J connectivity index is 1.61. The molecule has 3 rings (SSSR count). The van der Waals surface area contributed by atoms with Gasteiger partial charge in [-0.3, -0.25) is 0 Å². The molecule has 2 N–H and O–H groups in total. The maximum Gasteiger partial charge on any atom is 0.122 e. The molecular formula is C17H25NO2. The molecule has 1 saturated carbocycles. The molecule has 1 aromatic rings. The molecule has 1 aromatic carbocycles. The van der Waals surface area contributed by atoms with Crippen LogP contribution in [0.2, 0.25) is 0 Å². The largest absolute Gasteiger partial charge is 0.493 e. The fraction of sp³-hybridized carbons (Fsp3) is 0.647. The molecule has 3 unspecified atom stereocenters. The van der Waals surface area contributed by atoms with Crippen molar-refractivity contribution in [3.05, 3.63) is 29.8 Å². The molecule has 0 radical (unpaired) electrons. The maximum atomic E-state index is 6.24. The Labute approximate surface area is 121 Å². The van der Waals surface area contributed by atoms with Gasteiger partial charge in [0.2, 0.25) is 0 Å². The predicted molar refractivity (Wildman–Crippen MR) is 80.1 cm³/mol. The minimum absolute atomic E-state index is 0.215. The number of benzene rings is 1.